The van der Waals surface area contributed by atoms with Crippen LogP contribution in [0, 0.1) is 23.5 Å². The van der Waals surface area contributed by atoms with Crippen molar-refractivity contribution < 1.29 is 66.0 Å². The Labute approximate surface area is 339 Å². The summed E-state index contributed by atoms with van der Waals surface area (Å²) in [5.74, 6) is -4.93. The monoisotopic (exact) mass is 832 g/mol. The van der Waals surface area contributed by atoms with Gasteiger partial charge in [-0.1, -0.05) is 0 Å². The number of imide groups is 2. The van der Waals surface area contributed by atoms with Gasteiger partial charge in [0.25, 0.3) is 23.6 Å². The highest BCUT2D eigenvalue weighted by atomic mass is 19.1. The number of rotatable bonds is 7. The SMILES string of the molecule is COC(=O)C(C)N1C(=O)C2(CC2)Oc2cc(F)c(N3C(=O)C4COC(C5CC5CN5C(=O)C6(CC6)Oc6cc(F)c(N7C(=O)C8COCCN8C7=O)cc65)CN4C3=O)cc21. The highest BCUT2D eigenvalue weighted by Crippen LogP contribution is 2.54. The van der Waals surface area contributed by atoms with Crippen molar-refractivity contribution in [3.8, 4) is 11.5 Å². The molecule has 20 heteroatoms. The predicted molar refractivity (Wildman–Crippen MR) is 198 cm³/mol. The van der Waals surface area contributed by atoms with E-state index in [1.54, 1.807) is 0 Å². The van der Waals surface area contributed by atoms with Crippen molar-refractivity contribution in [1.82, 2.24) is 9.80 Å². The van der Waals surface area contributed by atoms with E-state index in [4.69, 9.17) is 23.7 Å². The molecule has 3 aliphatic carbocycles. The van der Waals surface area contributed by atoms with Gasteiger partial charge in [-0.25, -0.2) is 33.0 Å². The minimum absolute atomic E-state index is 0.00820. The largest absolute Gasteiger partial charge is 0.475 e. The number of urea groups is 2. The first-order chi connectivity index (χ1) is 28.8. The Morgan fingerprint density at radius 2 is 1.38 bits per heavy atom. The van der Waals surface area contributed by atoms with Crippen LogP contribution in [-0.2, 0) is 38.2 Å². The van der Waals surface area contributed by atoms with E-state index >= 15 is 8.78 Å². The zero-order valence-corrected chi connectivity index (χ0v) is 32.4. The molecule has 8 amide bonds. The molecule has 2 spiro atoms. The van der Waals surface area contributed by atoms with Crippen molar-refractivity contribution in [3.05, 3.63) is 35.9 Å². The first kappa shape index (κ1) is 37.1. The summed E-state index contributed by atoms with van der Waals surface area (Å²) in [5.41, 5.74) is -2.85. The van der Waals surface area contributed by atoms with Crippen LogP contribution in [0.1, 0.15) is 39.0 Å². The van der Waals surface area contributed by atoms with Gasteiger partial charge in [-0.05, 0) is 37.3 Å². The fourth-order valence-electron chi connectivity index (χ4n) is 9.61. The van der Waals surface area contributed by atoms with Crippen molar-refractivity contribution in [2.24, 2.45) is 11.8 Å². The van der Waals surface area contributed by atoms with E-state index in [0.29, 0.717) is 37.0 Å². The maximum Gasteiger partial charge on any atom is 0.332 e. The third-order valence-electron chi connectivity index (χ3n) is 13.4. The number of fused-ring (bicyclic) bond motifs is 4. The molecule has 0 N–H and O–H groups in total. The van der Waals surface area contributed by atoms with Gasteiger partial charge in [0.1, 0.15) is 29.6 Å². The van der Waals surface area contributed by atoms with Crippen LogP contribution in [-0.4, -0.2) is 133 Å². The van der Waals surface area contributed by atoms with Crippen LogP contribution in [0.3, 0.4) is 0 Å². The van der Waals surface area contributed by atoms with Gasteiger partial charge in [0, 0.05) is 57.5 Å². The lowest BCUT2D eigenvalue weighted by molar-refractivity contribution is -0.144. The Kier molecular flexibility index (Phi) is 7.78. The van der Waals surface area contributed by atoms with E-state index in [1.165, 1.54) is 34.8 Å². The Bertz CT molecular complexity index is 2350. The van der Waals surface area contributed by atoms with E-state index in [1.807, 2.05) is 0 Å². The van der Waals surface area contributed by atoms with E-state index in [0.717, 1.165) is 28.0 Å². The van der Waals surface area contributed by atoms with E-state index in [-0.39, 0.29) is 85.8 Å². The number of carbonyl (C=O) groups is 7. The smallest absolute Gasteiger partial charge is 0.332 e. The summed E-state index contributed by atoms with van der Waals surface area (Å²) in [4.78, 5) is 101. The molecule has 6 unspecified atom stereocenters. The van der Waals surface area contributed by atoms with Crippen molar-refractivity contribution in [2.75, 3.05) is 66.2 Å². The van der Waals surface area contributed by atoms with Gasteiger partial charge in [0.15, 0.2) is 22.8 Å². The van der Waals surface area contributed by atoms with Gasteiger partial charge in [0.2, 0.25) is 0 Å². The van der Waals surface area contributed by atoms with Crippen LogP contribution in [0.5, 0.6) is 11.5 Å². The van der Waals surface area contributed by atoms with Gasteiger partial charge in [0.05, 0.1) is 55.8 Å². The number of carbonyl (C=O) groups excluding carboxylic acids is 7. The molecule has 4 saturated heterocycles. The fraction of sp³-hybridized carbons (Fsp3) is 0.525. The number of esters is 1. The van der Waals surface area contributed by atoms with Gasteiger partial charge in [-0.15, -0.1) is 0 Å². The lowest BCUT2D eigenvalue weighted by atomic mass is 10.1. The molecule has 6 heterocycles. The number of anilines is 4. The molecule has 2 aromatic rings. The number of halogens is 2. The Morgan fingerprint density at radius 1 is 0.800 bits per heavy atom. The molecule has 6 aliphatic heterocycles. The topological polar surface area (TPSA) is 185 Å². The third-order valence-corrected chi connectivity index (χ3v) is 13.4. The minimum atomic E-state index is -1.23. The summed E-state index contributed by atoms with van der Waals surface area (Å²) in [5, 5.41) is 0. The molecule has 6 atom stereocenters. The van der Waals surface area contributed by atoms with Crippen molar-refractivity contribution in [2.45, 2.75) is 74.5 Å². The van der Waals surface area contributed by atoms with Crippen LogP contribution in [0.15, 0.2) is 24.3 Å². The molecule has 2 aromatic carbocycles. The van der Waals surface area contributed by atoms with Crippen molar-refractivity contribution in [3.63, 3.8) is 0 Å². The predicted octanol–water partition coefficient (Wildman–Crippen LogP) is 2.08. The highest BCUT2D eigenvalue weighted by Gasteiger charge is 2.62. The van der Waals surface area contributed by atoms with E-state index in [9.17, 15) is 33.6 Å². The molecule has 0 aromatic heterocycles. The fourth-order valence-corrected chi connectivity index (χ4v) is 9.61. The number of ether oxygens (including phenoxy) is 5. The number of morpholine rings is 2. The molecule has 9 aliphatic rings. The molecule has 7 fully saturated rings. The Balaban J connectivity index is 0.827. The lowest BCUT2D eigenvalue weighted by Gasteiger charge is -2.37. The Hall–Kier alpha value is -5.89. The quantitative estimate of drug-likeness (QED) is 0.293. The molecule has 60 heavy (non-hydrogen) atoms. The molecule has 0 bridgehead atoms. The number of amides is 8. The highest BCUT2D eigenvalue weighted by molar-refractivity contribution is 6.23. The maximum atomic E-state index is 15.9. The van der Waals surface area contributed by atoms with Crippen LogP contribution in [0.25, 0.3) is 0 Å². The second-order valence-electron chi connectivity index (χ2n) is 16.9. The normalized spacial score (nSPS) is 29.6. The van der Waals surface area contributed by atoms with Crippen molar-refractivity contribution in [1.29, 1.82) is 0 Å². The molecule has 11 rings (SSSR count). The first-order valence-corrected chi connectivity index (χ1v) is 20.0. The van der Waals surface area contributed by atoms with Crippen molar-refractivity contribution >= 4 is 64.4 Å². The zero-order valence-electron chi connectivity index (χ0n) is 32.4. The van der Waals surface area contributed by atoms with E-state index < -0.39 is 88.5 Å². The van der Waals surface area contributed by atoms with Crippen LogP contribution >= 0.6 is 0 Å². The lowest BCUT2D eigenvalue weighted by Crippen LogP contribution is -2.54. The second-order valence-corrected chi connectivity index (χ2v) is 16.9. The number of hydrogen-bond acceptors (Lipinski definition) is 12. The molecule has 18 nitrogen and oxygen atoms in total. The zero-order chi connectivity index (χ0) is 41.7. The minimum Gasteiger partial charge on any atom is -0.475 e. The van der Waals surface area contributed by atoms with E-state index in [2.05, 4.69) is 0 Å². The number of methoxy groups -OCH3 is 1. The van der Waals surface area contributed by atoms with Crippen LogP contribution in [0.2, 0.25) is 0 Å². The molecular weight excluding hydrogens is 794 g/mol. The van der Waals surface area contributed by atoms with Gasteiger partial charge in [-0.2, -0.15) is 0 Å². The van der Waals surface area contributed by atoms with Crippen LogP contribution < -0.4 is 29.1 Å². The molecule has 314 valence electrons. The Morgan fingerprint density at radius 3 is 2.00 bits per heavy atom. The van der Waals surface area contributed by atoms with Crippen LogP contribution in [0.4, 0.5) is 41.1 Å². The molecule has 0 radical (unpaired) electrons. The first-order valence-electron chi connectivity index (χ1n) is 20.0. The summed E-state index contributed by atoms with van der Waals surface area (Å²) in [7, 11) is 1.18. The standard InChI is InChI=1S/C40H38F2N6O12/c1-18(34(51)56-2)46-26-13-24(22(42)11-30(26)60-40(5-6-40)36(46)53)48-33(50)28-17-58-31(15-45(28)38(48)55)20-9-19(20)14-44-25-12-23(21(41)10-29(25)59-39(3-4-39)35(44)52)47-32(49)27-16-57-8-7-43(27)37(47)54/h10-13,18-20,27-28,31H,3-9,14-17H2,1-2H3. The summed E-state index contributed by atoms with van der Waals surface area (Å²) in [6.45, 7) is 1.85. The third kappa shape index (κ3) is 5.18. The van der Waals surface area contributed by atoms with Gasteiger partial charge in [-0.3, -0.25) is 24.1 Å². The number of benzene rings is 2. The summed E-state index contributed by atoms with van der Waals surface area (Å²) in [6.07, 6.45) is 1.65. The maximum absolute atomic E-state index is 15.9. The average Bonchev–Trinajstić information content (AvgIpc) is 4.18. The summed E-state index contributed by atoms with van der Waals surface area (Å²) in [6, 6.07) is 0.0556. The summed E-state index contributed by atoms with van der Waals surface area (Å²) >= 11 is 0. The molecule has 3 saturated carbocycles. The average molecular weight is 833 g/mol. The second kappa shape index (κ2) is 12.6. The molecular formula is C40H38F2N6O12. The van der Waals surface area contributed by atoms with Gasteiger partial charge >= 0.3 is 18.0 Å². The summed E-state index contributed by atoms with van der Waals surface area (Å²) < 4.78 is 60.1. The number of hydrogen-bond donors (Lipinski definition) is 0. The number of nitrogens with zero attached hydrogens (tertiary/aromatic N) is 6. The van der Waals surface area contributed by atoms with Gasteiger partial charge < -0.3 is 38.4 Å².